The average molecular weight is 324 g/mol. The Bertz CT molecular complexity index is 652. The van der Waals surface area contributed by atoms with E-state index in [0.717, 1.165) is 22.0 Å². The third-order valence-electron chi connectivity index (χ3n) is 3.25. The number of aryl methyl sites for hydroxylation is 2. The Hall–Kier alpha value is -1.46. The zero-order valence-corrected chi connectivity index (χ0v) is 14.0. The van der Waals surface area contributed by atoms with Gasteiger partial charge < -0.3 is 5.32 Å². The van der Waals surface area contributed by atoms with E-state index >= 15 is 0 Å². The summed E-state index contributed by atoms with van der Waals surface area (Å²) >= 11 is 7.36. The molecule has 0 aliphatic rings. The molecule has 4 nitrogen and oxygen atoms in total. The minimum atomic E-state index is -0.204. The number of nitrogens with zero attached hydrogens (tertiary/aromatic N) is 2. The van der Waals surface area contributed by atoms with Crippen LogP contribution in [0.1, 0.15) is 18.3 Å². The van der Waals surface area contributed by atoms with Crippen LogP contribution >= 0.6 is 23.4 Å². The largest absolute Gasteiger partial charge is 0.322 e. The first-order valence-corrected chi connectivity index (χ1v) is 7.87. The molecule has 1 aromatic heterocycles. The van der Waals surface area contributed by atoms with Crippen LogP contribution in [-0.4, -0.2) is 20.9 Å². The first kappa shape index (κ1) is 15.9. The number of halogens is 1. The zero-order chi connectivity index (χ0) is 15.6. The molecule has 1 N–H and O–H groups in total. The lowest BCUT2D eigenvalue weighted by molar-refractivity contribution is -0.115. The van der Waals surface area contributed by atoms with Crippen molar-refractivity contribution in [2.45, 2.75) is 30.9 Å². The first-order valence-electron chi connectivity index (χ1n) is 6.61. The second-order valence-corrected chi connectivity index (χ2v) is 6.72. The molecule has 0 radical (unpaired) electrons. The normalized spacial score (nSPS) is 12.2. The molecule has 0 aliphatic heterocycles. The van der Waals surface area contributed by atoms with Crippen LogP contribution in [0.25, 0.3) is 0 Å². The van der Waals surface area contributed by atoms with Gasteiger partial charge in [0.2, 0.25) is 5.91 Å². The number of benzene rings is 1. The van der Waals surface area contributed by atoms with Gasteiger partial charge in [-0.15, -0.1) is 11.8 Å². The van der Waals surface area contributed by atoms with Crippen molar-refractivity contribution in [1.29, 1.82) is 0 Å². The molecule has 1 atom stereocenters. The fourth-order valence-electron chi connectivity index (χ4n) is 1.95. The Labute approximate surface area is 133 Å². The second kappa shape index (κ2) is 6.54. The molecule has 1 amide bonds. The molecule has 0 aliphatic carbocycles. The Morgan fingerprint density at radius 3 is 2.48 bits per heavy atom. The Morgan fingerprint density at radius 1 is 1.33 bits per heavy atom. The van der Waals surface area contributed by atoms with Crippen molar-refractivity contribution in [3.63, 3.8) is 0 Å². The van der Waals surface area contributed by atoms with Crippen LogP contribution in [0.4, 0.5) is 5.69 Å². The summed E-state index contributed by atoms with van der Waals surface area (Å²) in [6, 6.07) is 7.47. The van der Waals surface area contributed by atoms with Gasteiger partial charge in [0, 0.05) is 17.0 Å². The lowest BCUT2D eigenvalue weighted by Gasteiger charge is -2.12. The van der Waals surface area contributed by atoms with Crippen molar-refractivity contribution in [2.75, 3.05) is 5.32 Å². The van der Waals surface area contributed by atoms with Crippen molar-refractivity contribution >= 4 is 35.0 Å². The molecule has 0 bridgehead atoms. The number of hydrogen-bond donors (Lipinski definition) is 1. The van der Waals surface area contributed by atoms with Gasteiger partial charge in [-0.05, 0) is 45.0 Å². The molecule has 1 aromatic carbocycles. The number of aromatic nitrogens is 2. The third-order valence-corrected chi connectivity index (χ3v) is 4.62. The molecule has 2 aromatic rings. The van der Waals surface area contributed by atoms with Gasteiger partial charge in [-0.3, -0.25) is 9.48 Å². The molecule has 0 unspecified atom stereocenters. The van der Waals surface area contributed by atoms with Gasteiger partial charge in [0.25, 0.3) is 0 Å². The second-order valence-electron chi connectivity index (χ2n) is 4.87. The Kier molecular flexibility index (Phi) is 4.96. The van der Waals surface area contributed by atoms with E-state index in [1.165, 1.54) is 11.8 Å². The molecule has 21 heavy (non-hydrogen) atoms. The summed E-state index contributed by atoms with van der Waals surface area (Å²) in [7, 11) is 1.86. The summed E-state index contributed by atoms with van der Waals surface area (Å²) in [6.45, 7) is 5.71. The summed E-state index contributed by atoms with van der Waals surface area (Å²) in [5, 5.41) is 7.75. The maximum Gasteiger partial charge on any atom is 0.237 e. The van der Waals surface area contributed by atoms with Crippen LogP contribution in [0.5, 0.6) is 0 Å². The van der Waals surface area contributed by atoms with Gasteiger partial charge in [0.15, 0.2) is 0 Å². The van der Waals surface area contributed by atoms with Gasteiger partial charge in [0.05, 0.1) is 22.3 Å². The summed E-state index contributed by atoms with van der Waals surface area (Å²) in [5.41, 5.74) is 2.57. The molecule has 2 rings (SSSR count). The molecule has 0 spiro atoms. The summed E-state index contributed by atoms with van der Waals surface area (Å²) < 4.78 is 1.77. The fraction of sp³-hybridized carbons (Fsp3) is 0.333. The number of carbonyl (C=O) groups excluding carboxylic acids is 1. The Balaban J connectivity index is 2.04. The van der Waals surface area contributed by atoms with E-state index in [1.807, 2.05) is 52.1 Å². The lowest BCUT2D eigenvalue weighted by atomic mass is 10.3. The molecule has 0 saturated heterocycles. The van der Waals surface area contributed by atoms with E-state index in [-0.39, 0.29) is 11.2 Å². The van der Waals surface area contributed by atoms with Gasteiger partial charge in [-0.1, -0.05) is 11.6 Å². The van der Waals surface area contributed by atoms with E-state index < -0.39 is 0 Å². The van der Waals surface area contributed by atoms with Gasteiger partial charge in [-0.25, -0.2) is 0 Å². The molecular weight excluding hydrogens is 306 g/mol. The van der Waals surface area contributed by atoms with E-state index in [0.29, 0.717) is 5.02 Å². The van der Waals surface area contributed by atoms with Crippen molar-refractivity contribution < 1.29 is 4.79 Å². The number of amides is 1. The zero-order valence-electron chi connectivity index (χ0n) is 12.5. The molecule has 1 heterocycles. The molecular formula is C15H18ClN3OS. The quantitative estimate of drug-likeness (QED) is 0.870. The number of carbonyl (C=O) groups is 1. The first-order chi connectivity index (χ1) is 9.88. The van der Waals surface area contributed by atoms with E-state index in [9.17, 15) is 4.79 Å². The maximum absolute atomic E-state index is 12.3. The SMILES string of the molecule is Cc1nn(C)c(C)c1NC(=O)[C@H](C)Sc1ccc(Cl)cc1. The number of rotatable bonds is 4. The summed E-state index contributed by atoms with van der Waals surface area (Å²) in [5.74, 6) is -0.0332. The van der Waals surface area contributed by atoms with Crippen LogP contribution in [0.15, 0.2) is 29.2 Å². The van der Waals surface area contributed by atoms with Gasteiger partial charge >= 0.3 is 0 Å². The number of anilines is 1. The number of hydrogen-bond acceptors (Lipinski definition) is 3. The fourth-order valence-corrected chi connectivity index (χ4v) is 2.94. The van der Waals surface area contributed by atoms with Crippen LogP contribution in [-0.2, 0) is 11.8 Å². The van der Waals surface area contributed by atoms with Crippen LogP contribution in [0.3, 0.4) is 0 Å². The maximum atomic E-state index is 12.3. The molecule has 6 heteroatoms. The summed E-state index contributed by atoms with van der Waals surface area (Å²) in [4.78, 5) is 13.3. The number of thioether (sulfide) groups is 1. The van der Waals surface area contributed by atoms with Crippen molar-refractivity contribution in [3.05, 3.63) is 40.7 Å². The van der Waals surface area contributed by atoms with Crippen molar-refractivity contribution in [2.24, 2.45) is 7.05 Å². The predicted octanol–water partition coefficient (Wildman–Crippen LogP) is 3.81. The number of nitrogens with one attached hydrogen (secondary N) is 1. The van der Waals surface area contributed by atoms with E-state index in [4.69, 9.17) is 11.6 Å². The van der Waals surface area contributed by atoms with Crippen molar-refractivity contribution in [1.82, 2.24) is 9.78 Å². The molecule has 0 saturated carbocycles. The smallest absolute Gasteiger partial charge is 0.237 e. The predicted molar refractivity (Wildman–Crippen MR) is 88.1 cm³/mol. The van der Waals surface area contributed by atoms with Crippen LogP contribution in [0.2, 0.25) is 5.02 Å². The van der Waals surface area contributed by atoms with E-state index in [1.54, 1.807) is 4.68 Å². The minimum absolute atomic E-state index is 0.0332. The van der Waals surface area contributed by atoms with Crippen LogP contribution < -0.4 is 5.32 Å². The third kappa shape index (κ3) is 3.80. The minimum Gasteiger partial charge on any atom is -0.322 e. The van der Waals surface area contributed by atoms with E-state index in [2.05, 4.69) is 10.4 Å². The highest BCUT2D eigenvalue weighted by Crippen LogP contribution is 2.26. The summed E-state index contributed by atoms with van der Waals surface area (Å²) in [6.07, 6.45) is 0. The van der Waals surface area contributed by atoms with Gasteiger partial charge in [0.1, 0.15) is 0 Å². The standard InChI is InChI=1S/C15H18ClN3OS/c1-9-14(10(2)19(4)18-9)17-15(20)11(3)21-13-7-5-12(16)6-8-13/h5-8,11H,1-4H3,(H,17,20)/t11-/m0/s1. The topological polar surface area (TPSA) is 46.9 Å². The van der Waals surface area contributed by atoms with Crippen molar-refractivity contribution in [3.8, 4) is 0 Å². The highest BCUT2D eigenvalue weighted by atomic mass is 35.5. The van der Waals surface area contributed by atoms with Crippen LogP contribution in [0, 0.1) is 13.8 Å². The highest BCUT2D eigenvalue weighted by Gasteiger charge is 2.18. The molecule has 112 valence electrons. The lowest BCUT2D eigenvalue weighted by Crippen LogP contribution is -2.23. The average Bonchev–Trinajstić information content (AvgIpc) is 2.68. The highest BCUT2D eigenvalue weighted by molar-refractivity contribution is 8.00. The van der Waals surface area contributed by atoms with Gasteiger partial charge in [-0.2, -0.15) is 5.10 Å². The molecule has 0 fully saturated rings. The Morgan fingerprint density at radius 2 is 1.95 bits per heavy atom. The monoisotopic (exact) mass is 323 g/mol.